The Morgan fingerprint density at radius 3 is 2.59 bits per heavy atom. The smallest absolute Gasteiger partial charge is 0.325 e. The van der Waals surface area contributed by atoms with E-state index in [4.69, 9.17) is 16.6 Å². The number of carbonyl (C=O) groups is 1. The van der Waals surface area contributed by atoms with E-state index in [1.165, 1.54) is 30.5 Å². The van der Waals surface area contributed by atoms with Crippen molar-refractivity contribution in [2.24, 2.45) is 5.92 Å². The fourth-order valence-electron chi connectivity index (χ4n) is 5.99. The molecule has 3 aliphatic heterocycles. The SMILES string of the molecule is O=C(O)[C@H](c1ccccc1Cl)N1CCC(N2CCC(Cc3ccc4c(n3)NCCC4)CC2)CC1. The Morgan fingerprint density at radius 2 is 1.85 bits per heavy atom. The van der Waals surface area contributed by atoms with Crippen LogP contribution >= 0.6 is 11.6 Å². The number of halogens is 1. The predicted molar refractivity (Wildman–Crippen MR) is 135 cm³/mol. The quantitative estimate of drug-likeness (QED) is 0.625. The van der Waals surface area contributed by atoms with Crippen molar-refractivity contribution < 1.29 is 9.90 Å². The Kier molecular flexibility index (Phi) is 7.37. The highest BCUT2D eigenvalue weighted by molar-refractivity contribution is 6.31. The summed E-state index contributed by atoms with van der Waals surface area (Å²) in [6, 6.07) is 11.7. The molecule has 0 radical (unpaired) electrons. The third kappa shape index (κ3) is 5.24. The van der Waals surface area contributed by atoms with E-state index in [1.54, 1.807) is 6.07 Å². The van der Waals surface area contributed by atoms with E-state index in [9.17, 15) is 9.90 Å². The zero-order chi connectivity index (χ0) is 23.5. The van der Waals surface area contributed by atoms with Gasteiger partial charge in [-0.3, -0.25) is 9.69 Å². The van der Waals surface area contributed by atoms with E-state index in [2.05, 4.69) is 27.2 Å². The number of pyridine rings is 1. The number of aryl methyl sites for hydroxylation is 1. The fourth-order valence-corrected chi connectivity index (χ4v) is 6.23. The van der Waals surface area contributed by atoms with Crippen LogP contribution in [0.5, 0.6) is 0 Å². The van der Waals surface area contributed by atoms with Crippen molar-refractivity contribution in [3.05, 3.63) is 58.2 Å². The molecule has 4 heterocycles. The van der Waals surface area contributed by atoms with Crippen molar-refractivity contribution in [2.45, 2.75) is 57.0 Å². The molecule has 0 aliphatic carbocycles. The Balaban J connectivity index is 1.12. The molecule has 5 rings (SSSR count). The second-order valence-corrected chi connectivity index (χ2v) is 10.5. The van der Waals surface area contributed by atoms with E-state index in [0.717, 1.165) is 64.2 Å². The number of nitrogens with zero attached hydrogens (tertiary/aromatic N) is 3. The van der Waals surface area contributed by atoms with Crippen molar-refractivity contribution in [1.82, 2.24) is 14.8 Å². The Labute approximate surface area is 207 Å². The zero-order valence-electron chi connectivity index (χ0n) is 19.8. The van der Waals surface area contributed by atoms with Crippen LogP contribution in [-0.2, 0) is 17.6 Å². The summed E-state index contributed by atoms with van der Waals surface area (Å²) in [5.74, 6) is 0.977. The van der Waals surface area contributed by atoms with Crippen molar-refractivity contribution in [1.29, 1.82) is 0 Å². The molecule has 34 heavy (non-hydrogen) atoms. The number of aromatic nitrogens is 1. The van der Waals surface area contributed by atoms with Crippen LogP contribution in [0.1, 0.15) is 55.0 Å². The number of carboxylic acid groups (broad SMARTS) is 1. The summed E-state index contributed by atoms with van der Waals surface area (Å²) in [7, 11) is 0. The van der Waals surface area contributed by atoms with Gasteiger partial charge in [-0.25, -0.2) is 4.98 Å². The molecule has 7 heteroatoms. The van der Waals surface area contributed by atoms with Gasteiger partial charge in [0.05, 0.1) is 0 Å². The zero-order valence-corrected chi connectivity index (χ0v) is 20.5. The van der Waals surface area contributed by atoms with E-state index in [0.29, 0.717) is 22.5 Å². The minimum atomic E-state index is -0.821. The number of hydrogen-bond acceptors (Lipinski definition) is 5. The van der Waals surface area contributed by atoms with Crippen LogP contribution in [0.3, 0.4) is 0 Å². The summed E-state index contributed by atoms with van der Waals surface area (Å²) in [5.41, 5.74) is 3.27. The van der Waals surface area contributed by atoms with Crippen LogP contribution in [0.4, 0.5) is 5.82 Å². The Bertz CT molecular complexity index is 1000. The lowest BCUT2D eigenvalue weighted by Crippen LogP contribution is -2.49. The summed E-state index contributed by atoms with van der Waals surface area (Å²) >= 11 is 6.33. The topological polar surface area (TPSA) is 68.7 Å². The van der Waals surface area contributed by atoms with Gasteiger partial charge < -0.3 is 15.3 Å². The summed E-state index contributed by atoms with van der Waals surface area (Å²) in [4.78, 5) is 21.7. The summed E-state index contributed by atoms with van der Waals surface area (Å²) in [5, 5.41) is 13.9. The average molecular weight is 483 g/mol. The molecule has 2 N–H and O–H groups in total. The fraction of sp³-hybridized carbons (Fsp3) is 0.556. The maximum absolute atomic E-state index is 12.1. The number of carboxylic acids is 1. The number of fused-ring (bicyclic) bond motifs is 1. The van der Waals surface area contributed by atoms with Crippen LogP contribution < -0.4 is 5.32 Å². The molecular weight excluding hydrogens is 448 g/mol. The molecule has 0 bridgehead atoms. The molecule has 3 aliphatic rings. The first-order valence-corrected chi connectivity index (χ1v) is 13.1. The summed E-state index contributed by atoms with van der Waals surface area (Å²) in [6.07, 6.45) is 7.85. The van der Waals surface area contributed by atoms with Gasteiger partial charge in [-0.1, -0.05) is 35.9 Å². The van der Waals surface area contributed by atoms with Gasteiger partial charge in [0.15, 0.2) is 0 Å². The molecular formula is C27H35ClN4O2. The molecule has 6 nitrogen and oxygen atoms in total. The number of aliphatic carboxylic acids is 1. The van der Waals surface area contributed by atoms with Gasteiger partial charge in [-0.2, -0.15) is 0 Å². The van der Waals surface area contributed by atoms with Crippen LogP contribution in [0.2, 0.25) is 5.02 Å². The van der Waals surface area contributed by atoms with Gasteiger partial charge in [0, 0.05) is 36.4 Å². The first-order valence-electron chi connectivity index (χ1n) is 12.8. The molecule has 0 saturated carbocycles. The third-order valence-electron chi connectivity index (χ3n) is 7.91. The number of nitrogens with one attached hydrogen (secondary N) is 1. The lowest BCUT2D eigenvalue weighted by atomic mass is 9.89. The monoisotopic (exact) mass is 482 g/mol. The highest BCUT2D eigenvalue weighted by atomic mass is 35.5. The second-order valence-electron chi connectivity index (χ2n) is 10.1. The van der Waals surface area contributed by atoms with Gasteiger partial charge in [0.1, 0.15) is 11.9 Å². The molecule has 1 aromatic heterocycles. The number of hydrogen-bond donors (Lipinski definition) is 2. The maximum atomic E-state index is 12.1. The number of benzene rings is 1. The largest absolute Gasteiger partial charge is 0.480 e. The Hall–Kier alpha value is -2.15. The van der Waals surface area contributed by atoms with Gasteiger partial charge in [-0.05, 0) is 87.2 Å². The first kappa shape index (κ1) is 23.6. The summed E-state index contributed by atoms with van der Waals surface area (Å²) < 4.78 is 0. The van der Waals surface area contributed by atoms with Crippen LogP contribution in [0.25, 0.3) is 0 Å². The number of likely N-dealkylation sites (tertiary alicyclic amines) is 2. The van der Waals surface area contributed by atoms with Crippen LogP contribution in [0, 0.1) is 5.92 Å². The first-order chi connectivity index (χ1) is 16.6. The molecule has 182 valence electrons. The lowest BCUT2D eigenvalue weighted by molar-refractivity contribution is -0.144. The average Bonchev–Trinajstić information content (AvgIpc) is 2.86. The normalized spacial score (nSPS) is 21.6. The van der Waals surface area contributed by atoms with Crippen molar-refractivity contribution in [3.63, 3.8) is 0 Å². The van der Waals surface area contributed by atoms with E-state index in [-0.39, 0.29) is 0 Å². The van der Waals surface area contributed by atoms with Gasteiger partial charge in [-0.15, -0.1) is 0 Å². The standard InChI is InChI=1S/C27H35ClN4O2/c28-24-6-2-1-5-23(24)25(27(33)34)32-16-11-22(12-17-32)31-14-9-19(10-15-31)18-21-8-7-20-4-3-13-29-26(20)30-21/h1-2,5-8,19,22,25H,3-4,9-18H2,(H,29,30)(H,33,34)/t25-/m0/s1. The molecule has 2 saturated heterocycles. The second kappa shape index (κ2) is 10.6. The van der Waals surface area contributed by atoms with Crippen LogP contribution in [-0.4, -0.2) is 64.6 Å². The van der Waals surface area contributed by atoms with Gasteiger partial charge >= 0.3 is 5.97 Å². The summed E-state index contributed by atoms with van der Waals surface area (Å²) in [6.45, 7) is 4.88. The van der Waals surface area contributed by atoms with Gasteiger partial charge in [0.2, 0.25) is 0 Å². The molecule has 0 unspecified atom stereocenters. The third-order valence-corrected chi connectivity index (χ3v) is 8.26. The van der Waals surface area contributed by atoms with E-state index >= 15 is 0 Å². The lowest BCUT2D eigenvalue weighted by Gasteiger charge is -2.43. The van der Waals surface area contributed by atoms with Gasteiger partial charge in [0.25, 0.3) is 0 Å². The number of anilines is 1. The molecule has 0 spiro atoms. The molecule has 1 atom stereocenters. The van der Waals surface area contributed by atoms with E-state index < -0.39 is 12.0 Å². The number of rotatable bonds is 6. The van der Waals surface area contributed by atoms with Crippen molar-refractivity contribution in [3.8, 4) is 0 Å². The van der Waals surface area contributed by atoms with Crippen LogP contribution in [0.15, 0.2) is 36.4 Å². The van der Waals surface area contributed by atoms with Crippen molar-refractivity contribution >= 4 is 23.4 Å². The molecule has 2 aromatic rings. The molecule has 0 amide bonds. The Morgan fingerprint density at radius 1 is 1.09 bits per heavy atom. The van der Waals surface area contributed by atoms with E-state index in [1.807, 2.05) is 18.2 Å². The van der Waals surface area contributed by atoms with Crippen molar-refractivity contribution in [2.75, 3.05) is 38.0 Å². The number of piperidine rings is 2. The minimum absolute atomic E-state index is 0.531. The highest BCUT2D eigenvalue weighted by Crippen LogP contribution is 2.32. The highest BCUT2D eigenvalue weighted by Gasteiger charge is 2.34. The molecule has 2 fully saturated rings. The minimum Gasteiger partial charge on any atom is -0.480 e. The maximum Gasteiger partial charge on any atom is 0.325 e. The molecule has 1 aromatic carbocycles. The predicted octanol–water partition coefficient (Wildman–Crippen LogP) is 4.64.